The van der Waals surface area contributed by atoms with E-state index < -0.39 is 24.0 Å². The summed E-state index contributed by atoms with van der Waals surface area (Å²) in [4.78, 5) is 3.57. The minimum absolute atomic E-state index is 0.0256. The monoisotopic (exact) mass is 465 g/mol. The van der Waals surface area contributed by atoms with Gasteiger partial charge >= 0.3 is 0 Å². The van der Waals surface area contributed by atoms with E-state index in [1.807, 2.05) is 55.1 Å². The van der Waals surface area contributed by atoms with Gasteiger partial charge < -0.3 is 4.42 Å². The van der Waals surface area contributed by atoms with Crippen LogP contribution in [0.1, 0.15) is 36.0 Å². The quantitative estimate of drug-likeness (QED) is 0.192. The SMILES string of the molecule is [2H]C1([2H])c2cc(-c3c(F)ccc4c3oc3c(-c5cccc[n+]5C)c(C)ccc34)cc([N+]#[C-])c2C([2H])([2H])C1(C)C. The standard InChI is InChI=1S/C31H26FN2O/c1-18-9-10-21-22-11-12-24(32)28(19-14-20-16-31(2,3)17-23(20)25(15-19)33-4)30(22)35-29(21)27(18)26-8-6-7-13-34(26)5/h6-15H,16-17H2,1-3,5H3/q+1/i16D2,17D2. The summed E-state index contributed by atoms with van der Waals surface area (Å²) in [6.07, 6.45) is -2.23. The van der Waals surface area contributed by atoms with Gasteiger partial charge in [-0.1, -0.05) is 37.6 Å². The van der Waals surface area contributed by atoms with E-state index >= 15 is 4.39 Å². The highest BCUT2D eigenvalue weighted by Gasteiger charge is 2.31. The summed E-state index contributed by atoms with van der Waals surface area (Å²) in [7, 11) is 1.95. The van der Waals surface area contributed by atoms with Crippen LogP contribution in [0, 0.1) is 24.7 Å². The Balaban J connectivity index is 1.70. The fourth-order valence-electron chi connectivity index (χ4n) is 5.12. The number of hydrogen-bond acceptors (Lipinski definition) is 1. The van der Waals surface area contributed by atoms with Crippen molar-refractivity contribution in [3.05, 3.63) is 94.7 Å². The zero-order valence-corrected chi connectivity index (χ0v) is 20.0. The number of rotatable bonds is 2. The first-order chi connectivity index (χ1) is 18.3. The van der Waals surface area contributed by atoms with Crippen molar-refractivity contribution in [2.24, 2.45) is 12.5 Å². The van der Waals surface area contributed by atoms with Crippen molar-refractivity contribution in [1.82, 2.24) is 0 Å². The van der Waals surface area contributed by atoms with E-state index in [1.54, 1.807) is 6.07 Å². The summed E-state index contributed by atoms with van der Waals surface area (Å²) in [5.74, 6) is -0.568. The normalized spacial score (nSPS) is 19.0. The second-order valence-electron chi connectivity index (χ2n) is 9.64. The maximum Gasteiger partial charge on any atom is 0.216 e. The zero-order valence-electron chi connectivity index (χ0n) is 24.0. The van der Waals surface area contributed by atoms with Crippen LogP contribution in [0.3, 0.4) is 0 Å². The first kappa shape index (κ1) is 17.5. The van der Waals surface area contributed by atoms with E-state index in [9.17, 15) is 0 Å². The van der Waals surface area contributed by atoms with Crippen molar-refractivity contribution in [3.63, 3.8) is 0 Å². The second-order valence-corrected chi connectivity index (χ2v) is 9.64. The van der Waals surface area contributed by atoms with E-state index in [0.29, 0.717) is 16.6 Å². The number of benzene rings is 3. The molecule has 0 saturated carbocycles. The van der Waals surface area contributed by atoms with Crippen molar-refractivity contribution in [1.29, 1.82) is 0 Å². The van der Waals surface area contributed by atoms with Crippen LogP contribution in [0.25, 0.3) is 49.2 Å². The molecule has 0 amide bonds. The first-order valence-electron chi connectivity index (χ1n) is 13.5. The third kappa shape index (κ3) is 3.26. The molecule has 1 aliphatic rings. The Kier molecular flexibility index (Phi) is 3.75. The van der Waals surface area contributed by atoms with Crippen molar-refractivity contribution in [3.8, 4) is 22.4 Å². The van der Waals surface area contributed by atoms with E-state index in [1.165, 1.54) is 32.0 Å². The molecule has 35 heavy (non-hydrogen) atoms. The molecule has 0 spiro atoms. The van der Waals surface area contributed by atoms with Gasteiger partial charge in [0.25, 0.3) is 0 Å². The van der Waals surface area contributed by atoms with Gasteiger partial charge in [-0.25, -0.2) is 13.8 Å². The van der Waals surface area contributed by atoms with Crippen LogP contribution in [0.15, 0.2) is 65.2 Å². The topological polar surface area (TPSA) is 21.4 Å². The van der Waals surface area contributed by atoms with Crippen LogP contribution < -0.4 is 4.57 Å². The molecular weight excluding hydrogens is 435 g/mol. The lowest BCUT2D eigenvalue weighted by Gasteiger charge is -2.15. The van der Waals surface area contributed by atoms with Crippen LogP contribution in [-0.4, -0.2) is 0 Å². The number of pyridine rings is 1. The fraction of sp³-hybridized carbons (Fsp3) is 0.226. The molecule has 5 aromatic rings. The first-order valence-corrected chi connectivity index (χ1v) is 11.5. The minimum Gasteiger partial charge on any atom is -0.454 e. The van der Waals surface area contributed by atoms with Crippen LogP contribution >= 0.6 is 0 Å². The maximum absolute atomic E-state index is 15.7. The molecule has 0 unspecified atom stereocenters. The number of halogens is 1. The van der Waals surface area contributed by atoms with Crippen LogP contribution in [0.2, 0.25) is 0 Å². The number of furan rings is 1. The van der Waals surface area contributed by atoms with E-state index in [2.05, 4.69) is 4.85 Å². The molecule has 172 valence electrons. The molecule has 0 fully saturated rings. The summed E-state index contributed by atoms with van der Waals surface area (Å²) in [6.45, 7) is 12.8. The number of nitrogens with zero attached hydrogens (tertiary/aromatic N) is 2. The third-order valence-electron chi connectivity index (χ3n) is 6.69. The molecule has 4 heteroatoms. The van der Waals surface area contributed by atoms with Crippen molar-refractivity contribution in [2.45, 2.75) is 33.5 Å². The Morgan fingerprint density at radius 1 is 1.03 bits per heavy atom. The van der Waals surface area contributed by atoms with Crippen LogP contribution in [0.5, 0.6) is 0 Å². The van der Waals surface area contributed by atoms with Gasteiger partial charge in [0.2, 0.25) is 5.69 Å². The molecule has 0 bridgehead atoms. The molecule has 0 aliphatic heterocycles. The van der Waals surface area contributed by atoms with Crippen LogP contribution in [0.4, 0.5) is 10.1 Å². The smallest absolute Gasteiger partial charge is 0.216 e. The molecular formula is C31H26FN2O+. The van der Waals surface area contributed by atoms with E-state index in [-0.39, 0.29) is 27.9 Å². The molecule has 3 nitrogen and oxygen atoms in total. The van der Waals surface area contributed by atoms with Gasteiger partial charge in [-0.15, -0.1) is 0 Å². The predicted octanol–water partition coefficient (Wildman–Crippen LogP) is 7.87. The number of hydrogen-bond donors (Lipinski definition) is 0. The van der Waals surface area contributed by atoms with Crippen LogP contribution in [-0.2, 0) is 19.8 Å². The predicted molar refractivity (Wildman–Crippen MR) is 138 cm³/mol. The fourth-order valence-corrected chi connectivity index (χ4v) is 5.12. The number of aromatic nitrogens is 1. The molecule has 0 N–H and O–H groups in total. The Morgan fingerprint density at radius 3 is 2.51 bits per heavy atom. The summed E-state index contributed by atoms with van der Waals surface area (Å²) >= 11 is 0. The summed E-state index contributed by atoms with van der Waals surface area (Å²) in [5, 5.41) is 1.51. The van der Waals surface area contributed by atoms with Crippen molar-refractivity contribution >= 4 is 27.6 Å². The highest BCUT2D eigenvalue weighted by molar-refractivity contribution is 6.13. The molecule has 3 aromatic carbocycles. The van der Waals surface area contributed by atoms with Gasteiger partial charge in [0.1, 0.15) is 24.0 Å². The Hall–Kier alpha value is -3.97. The lowest BCUT2D eigenvalue weighted by atomic mass is 9.90. The Morgan fingerprint density at radius 2 is 1.77 bits per heavy atom. The summed E-state index contributed by atoms with van der Waals surface area (Å²) < 4.78 is 59.3. The highest BCUT2D eigenvalue weighted by Crippen LogP contribution is 2.46. The molecule has 0 radical (unpaired) electrons. The molecule has 0 saturated heterocycles. The van der Waals surface area contributed by atoms with Gasteiger partial charge in [0.15, 0.2) is 11.9 Å². The molecule has 2 heterocycles. The lowest BCUT2D eigenvalue weighted by molar-refractivity contribution is -0.660. The molecule has 0 atom stereocenters. The van der Waals surface area contributed by atoms with Gasteiger partial charge in [-0.2, -0.15) is 0 Å². The lowest BCUT2D eigenvalue weighted by Crippen LogP contribution is -2.30. The van der Waals surface area contributed by atoms with Gasteiger partial charge in [0, 0.05) is 28.4 Å². The Labute approximate surface area is 209 Å². The third-order valence-corrected chi connectivity index (χ3v) is 6.69. The summed E-state index contributed by atoms with van der Waals surface area (Å²) in [6, 6.07) is 15.8. The van der Waals surface area contributed by atoms with Crippen molar-refractivity contribution in [2.75, 3.05) is 0 Å². The molecule has 6 rings (SSSR count). The number of fused-ring (bicyclic) bond motifs is 4. The maximum atomic E-state index is 15.7. The highest BCUT2D eigenvalue weighted by atomic mass is 19.1. The summed E-state index contributed by atoms with van der Waals surface area (Å²) in [5.41, 5.74) is 2.77. The Bertz CT molecular complexity index is 1900. The number of aryl methyl sites for hydroxylation is 2. The average Bonchev–Trinajstić information content (AvgIpc) is 3.30. The zero-order chi connectivity index (χ0) is 28.1. The molecule has 1 aliphatic carbocycles. The van der Waals surface area contributed by atoms with Crippen molar-refractivity contribution < 1.29 is 18.9 Å². The van der Waals surface area contributed by atoms with Gasteiger partial charge in [0.05, 0.1) is 17.7 Å². The van der Waals surface area contributed by atoms with E-state index in [4.69, 9.17) is 16.5 Å². The van der Waals surface area contributed by atoms with E-state index in [0.717, 1.165) is 22.2 Å². The molecule has 2 aromatic heterocycles. The van der Waals surface area contributed by atoms with Gasteiger partial charge in [-0.05, 0) is 66.0 Å². The van der Waals surface area contributed by atoms with Gasteiger partial charge in [-0.3, -0.25) is 0 Å². The average molecular weight is 466 g/mol. The minimum atomic E-state index is -2.09. The largest absolute Gasteiger partial charge is 0.454 e. The second kappa shape index (κ2) is 7.52.